The molecular weight excluding hydrogens is 432 g/mol. The van der Waals surface area contributed by atoms with Gasteiger partial charge in [-0.3, -0.25) is 9.59 Å². The molecule has 1 N–H and O–H groups in total. The number of benzene rings is 1. The Labute approximate surface area is 191 Å². The molecule has 2 amide bonds. The van der Waals surface area contributed by atoms with E-state index in [0.717, 1.165) is 11.3 Å². The quantitative estimate of drug-likeness (QED) is 0.517. The van der Waals surface area contributed by atoms with Crippen LogP contribution >= 0.6 is 24.0 Å². The monoisotopic (exact) mass is 456 g/mol. The van der Waals surface area contributed by atoms with Crippen molar-refractivity contribution in [3.8, 4) is 5.75 Å². The van der Waals surface area contributed by atoms with Gasteiger partial charge in [0.2, 0.25) is 0 Å². The highest BCUT2D eigenvalue weighted by molar-refractivity contribution is 8.26. The summed E-state index contributed by atoms with van der Waals surface area (Å²) in [6.07, 6.45) is 2.49. The van der Waals surface area contributed by atoms with Gasteiger partial charge in [0.05, 0.1) is 22.8 Å². The molecule has 31 heavy (non-hydrogen) atoms. The first-order valence-electron chi connectivity index (χ1n) is 10.1. The van der Waals surface area contributed by atoms with E-state index < -0.39 is 0 Å². The first-order chi connectivity index (χ1) is 14.6. The molecule has 4 rings (SSSR count). The number of amides is 2. The van der Waals surface area contributed by atoms with E-state index in [9.17, 15) is 9.59 Å². The lowest BCUT2D eigenvalue weighted by atomic mass is 9.93. The molecular formula is C23H24N2O4S2. The lowest BCUT2D eigenvalue weighted by Crippen LogP contribution is -2.31. The Morgan fingerprint density at radius 3 is 2.71 bits per heavy atom. The standard InChI is InChI=1S/C23H24N2O4S2/c1-13-15(12-19(29-13)23(2,3)4)21(27)25-8-5-9-28-17-7-6-14(10-16(17)25)11-18-20(26)24-22(30)31-18/h6-7,10-12H,5,8-9H2,1-4H3,(H,24,26,30). The Balaban J connectivity index is 1.72. The molecule has 3 heterocycles. The van der Waals surface area contributed by atoms with Gasteiger partial charge >= 0.3 is 0 Å². The van der Waals surface area contributed by atoms with Gasteiger partial charge in [-0.15, -0.1) is 0 Å². The molecule has 1 aromatic carbocycles. The van der Waals surface area contributed by atoms with Crippen LogP contribution in [-0.4, -0.2) is 29.3 Å². The summed E-state index contributed by atoms with van der Waals surface area (Å²) in [5.74, 6) is 1.69. The molecule has 6 nitrogen and oxygen atoms in total. The Morgan fingerprint density at radius 2 is 2.06 bits per heavy atom. The fourth-order valence-corrected chi connectivity index (χ4v) is 4.52. The summed E-state index contributed by atoms with van der Waals surface area (Å²) in [6, 6.07) is 7.43. The highest BCUT2D eigenvalue weighted by atomic mass is 32.2. The molecule has 0 bridgehead atoms. The number of hydrogen-bond donors (Lipinski definition) is 1. The van der Waals surface area contributed by atoms with Crippen molar-refractivity contribution in [3.63, 3.8) is 0 Å². The van der Waals surface area contributed by atoms with E-state index in [0.29, 0.717) is 51.6 Å². The summed E-state index contributed by atoms with van der Waals surface area (Å²) >= 11 is 6.29. The Hall–Kier alpha value is -2.58. The van der Waals surface area contributed by atoms with E-state index in [1.807, 2.05) is 31.2 Å². The lowest BCUT2D eigenvalue weighted by molar-refractivity contribution is -0.115. The number of rotatable bonds is 2. The molecule has 0 aliphatic carbocycles. The fourth-order valence-electron chi connectivity index (χ4n) is 3.48. The van der Waals surface area contributed by atoms with Crippen molar-refractivity contribution in [3.05, 3.63) is 51.8 Å². The van der Waals surface area contributed by atoms with E-state index in [1.165, 1.54) is 11.8 Å². The van der Waals surface area contributed by atoms with Gasteiger partial charge in [-0.2, -0.15) is 0 Å². The number of carbonyl (C=O) groups excluding carboxylic acids is 2. The highest BCUT2D eigenvalue weighted by Gasteiger charge is 2.29. The van der Waals surface area contributed by atoms with Gasteiger partial charge in [-0.25, -0.2) is 0 Å². The molecule has 0 saturated carbocycles. The van der Waals surface area contributed by atoms with E-state index in [1.54, 1.807) is 11.0 Å². The van der Waals surface area contributed by atoms with Gasteiger partial charge in [0.15, 0.2) is 0 Å². The van der Waals surface area contributed by atoms with Gasteiger partial charge in [0.25, 0.3) is 11.8 Å². The van der Waals surface area contributed by atoms with E-state index >= 15 is 0 Å². The second kappa shape index (κ2) is 8.16. The van der Waals surface area contributed by atoms with Crippen molar-refractivity contribution in [2.75, 3.05) is 18.1 Å². The maximum Gasteiger partial charge on any atom is 0.263 e. The smallest absolute Gasteiger partial charge is 0.263 e. The summed E-state index contributed by atoms with van der Waals surface area (Å²) in [5.41, 5.74) is 1.84. The number of furan rings is 1. The van der Waals surface area contributed by atoms with E-state index in [2.05, 4.69) is 26.1 Å². The minimum atomic E-state index is -0.210. The van der Waals surface area contributed by atoms with Gasteiger partial charge in [-0.05, 0) is 43.2 Å². The highest BCUT2D eigenvalue weighted by Crippen LogP contribution is 2.36. The van der Waals surface area contributed by atoms with Crippen LogP contribution in [0.5, 0.6) is 5.75 Å². The predicted molar refractivity (Wildman–Crippen MR) is 127 cm³/mol. The second-order valence-electron chi connectivity index (χ2n) is 8.57. The molecule has 0 unspecified atom stereocenters. The van der Waals surface area contributed by atoms with Crippen LogP contribution in [0.1, 0.15) is 54.6 Å². The summed E-state index contributed by atoms with van der Waals surface area (Å²) in [7, 11) is 0. The molecule has 162 valence electrons. The average Bonchev–Trinajstić information content (AvgIpc) is 3.15. The molecule has 0 atom stereocenters. The van der Waals surface area contributed by atoms with Crippen LogP contribution in [0.3, 0.4) is 0 Å². The number of nitrogens with zero attached hydrogens (tertiary/aromatic N) is 1. The summed E-state index contributed by atoms with van der Waals surface area (Å²) in [4.78, 5) is 27.8. The fraction of sp³-hybridized carbons (Fsp3) is 0.348. The van der Waals surface area contributed by atoms with Crippen LogP contribution in [0.2, 0.25) is 0 Å². The van der Waals surface area contributed by atoms with E-state index in [4.69, 9.17) is 21.4 Å². The summed E-state index contributed by atoms with van der Waals surface area (Å²) < 4.78 is 12.2. The zero-order chi connectivity index (χ0) is 22.3. The van der Waals surface area contributed by atoms with Crippen LogP contribution in [0, 0.1) is 6.92 Å². The van der Waals surface area contributed by atoms with Crippen molar-refractivity contribution in [2.45, 2.75) is 39.5 Å². The normalized spacial score (nSPS) is 17.9. The third kappa shape index (κ3) is 4.41. The average molecular weight is 457 g/mol. The Bertz CT molecular complexity index is 1110. The molecule has 8 heteroatoms. The molecule has 0 spiro atoms. The minimum absolute atomic E-state index is 0.123. The first kappa shape index (κ1) is 21.6. The van der Waals surface area contributed by atoms with Crippen LogP contribution in [0.15, 0.2) is 33.6 Å². The van der Waals surface area contributed by atoms with Crippen molar-refractivity contribution >= 4 is 51.9 Å². The SMILES string of the molecule is Cc1oc(C(C)(C)C)cc1C(=O)N1CCCOc2ccc(C=C3SC(=S)NC3=O)cc21. The van der Waals surface area contributed by atoms with Crippen molar-refractivity contribution < 1.29 is 18.7 Å². The molecule has 1 fully saturated rings. The van der Waals surface area contributed by atoms with Crippen molar-refractivity contribution in [2.24, 2.45) is 0 Å². The van der Waals surface area contributed by atoms with E-state index in [-0.39, 0.29) is 17.2 Å². The second-order valence-corrected chi connectivity index (χ2v) is 10.3. The molecule has 0 radical (unpaired) electrons. The molecule has 2 aromatic rings. The van der Waals surface area contributed by atoms with Gasteiger partial charge in [0, 0.05) is 12.0 Å². The number of thiocarbonyl (C=S) groups is 1. The number of anilines is 1. The third-order valence-corrected chi connectivity index (χ3v) is 6.29. The van der Waals surface area contributed by atoms with Gasteiger partial charge in [-0.1, -0.05) is 50.8 Å². The van der Waals surface area contributed by atoms with Crippen LogP contribution in [0.25, 0.3) is 6.08 Å². The Kier molecular flexibility index (Phi) is 5.70. The minimum Gasteiger partial charge on any atom is -0.491 e. The number of hydrogen-bond acceptors (Lipinski definition) is 6. The number of carbonyl (C=O) groups is 2. The summed E-state index contributed by atoms with van der Waals surface area (Å²) in [6.45, 7) is 9.03. The third-order valence-electron chi connectivity index (χ3n) is 5.13. The number of fused-ring (bicyclic) bond motifs is 1. The van der Waals surface area contributed by atoms with Crippen LogP contribution in [0.4, 0.5) is 5.69 Å². The lowest BCUT2D eigenvalue weighted by Gasteiger charge is -2.22. The molecule has 2 aliphatic rings. The number of nitrogens with one attached hydrogen (secondary N) is 1. The van der Waals surface area contributed by atoms with Crippen molar-refractivity contribution in [1.29, 1.82) is 0 Å². The largest absolute Gasteiger partial charge is 0.491 e. The molecule has 2 aliphatic heterocycles. The number of ether oxygens (including phenoxy) is 1. The number of thioether (sulfide) groups is 1. The topological polar surface area (TPSA) is 71.8 Å². The van der Waals surface area contributed by atoms with Crippen LogP contribution in [-0.2, 0) is 10.2 Å². The Morgan fingerprint density at radius 1 is 1.29 bits per heavy atom. The summed E-state index contributed by atoms with van der Waals surface area (Å²) in [5, 5.41) is 2.62. The zero-order valence-electron chi connectivity index (χ0n) is 17.9. The number of aryl methyl sites for hydroxylation is 1. The van der Waals surface area contributed by atoms with Crippen LogP contribution < -0.4 is 15.0 Å². The molecule has 1 saturated heterocycles. The maximum atomic E-state index is 13.5. The predicted octanol–water partition coefficient (Wildman–Crippen LogP) is 4.80. The molecule has 1 aromatic heterocycles. The zero-order valence-corrected chi connectivity index (χ0v) is 19.5. The first-order valence-corrected chi connectivity index (χ1v) is 11.3. The van der Waals surface area contributed by atoms with Crippen molar-refractivity contribution in [1.82, 2.24) is 5.32 Å². The van der Waals surface area contributed by atoms with Gasteiger partial charge in [0.1, 0.15) is 21.6 Å². The maximum absolute atomic E-state index is 13.5. The van der Waals surface area contributed by atoms with Gasteiger partial charge < -0.3 is 19.4 Å².